The first-order valence-electron chi connectivity index (χ1n) is 8.89. The van der Waals surface area contributed by atoms with E-state index in [1.54, 1.807) is 31.4 Å². The maximum Gasteiger partial charge on any atom is 0.338 e. The van der Waals surface area contributed by atoms with E-state index in [4.69, 9.17) is 9.47 Å². The molecule has 0 heterocycles. The first-order valence-corrected chi connectivity index (χ1v) is 8.89. The lowest BCUT2D eigenvalue weighted by Crippen LogP contribution is -2.31. The van der Waals surface area contributed by atoms with E-state index in [1.807, 2.05) is 0 Å². The zero-order chi connectivity index (χ0) is 17.4. The lowest BCUT2D eigenvalue weighted by molar-refractivity contribution is 0.0105. The summed E-state index contributed by atoms with van der Waals surface area (Å²) in [5, 5.41) is 9.57. The topological polar surface area (TPSA) is 59.3 Å². The third-order valence-corrected chi connectivity index (χ3v) is 4.99. The maximum atomic E-state index is 12.2. The molecule has 24 heavy (non-hydrogen) atoms. The molecule has 0 amide bonds. The van der Waals surface area contributed by atoms with E-state index in [0.29, 0.717) is 5.56 Å². The number of methoxy groups -OCH3 is 1. The molecule has 130 valence electrons. The summed E-state index contributed by atoms with van der Waals surface area (Å²) >= 11 is 0. The van der Waals surface area contributed by atoms with Gasteiger partial charge in [0.25, 0.3) is 0 Å². The Kier molecular flexibility index (Phi) is 6.66. The number of benzene rings is 1. The van der Waals surface area contributed by atoms with Crippen LogP contribution in [0.15, 0.2) is 24.3 Å². The van der Waals surface area contributed by atoms with Crippen molar-refractivity contribution in [2.24, 2.45) is 5.41 Å². The highest BCUT2D eigenvalue weighted by atomic mass is 16.5. The maximum absolute atomic E-state index is 12.2. The summed E-state index contributed by atoms with van der Waals surface area (Å²) in [7, 11) is 1.59. The fraction of sp³-hybridized carbons (Fsp3) is 0.600. The molecule has 0 aliphatic heterocycles. The zero-order valence-corrected chi connectivity index (χ0v) is 14.7. The van der Waals surface area contributed by atoms with Crippen molar-refractivity contribution in [3.63, 3.8) is 0 Å². The summed E-state index contributed by atoms with van der Waals surface area (Å²) in [6.45, 7) is 2.18. The van der Waals surface area contributed by atoms with Crippen molar-refractivity contribution in [2.45, 2.75) is 64.4 Å². The number of ether oxygens (including phenoxy) is 2. The van der Waals surface area contributed by atoms with Crippen molar-refractivity contribution in [1.29, 1.82) is 5.26 Å². The van der Waals surface area contributed by atoms with E-state index in [2.05, 4.69) is 13.0 Å². The molecule has 0 atom stereocenters. The van der Waals surface area contributed by atoms with Gasteiger partial charge in [0.15, 0.2) is 0 Å². The van der Waals surface area contributed by atoms with Crippen LogP contribution in [-0.4, -0.2) is 19.2 Å². The van der Waals surface area contributed by atoms with Crippen molar-refractivity contribution in [2.75, 3.05) is 7.11 Å². The van der Waals surface area contributed by atoms with E-state index < -0.39 is 0 Å². The molecule has 1 saturated carbocycles. The van der Waals surface area contributed by atoms with Gasteiger partial charge in [-0.05, 0) is 56.4 Å². The minimum atomic E-state index is -0.293. The Labute approximate surface area is 144 Å². The second kappa shape index (κ2) is 8.73. The first kappa shape index (κ1) is 18.3. The molecule has 0 radical (unpaired) electrons. The second-order valence-electron chi connectivity index (χ2n) is 6.68. The van der Waals surface area contributed by atoms with Crippen LogP contribution in [0.4, 0.5) is 0 Å². The van der Waals surface area contributed by atoms with Crippen LogP contribution in [0.1, 0.15) is 68.6 Å². The van der Waals surface area contributed by atoms with Crippen LogP contribution in [0.2, 0.25) is 0 Å². The summed E-state index contributed by atoms with van der Waals surface area (Å²) in [5.41, 5.74) is 0.328. The van der Waals surface area contributed by atoms with E-state index in [0.717, 1.165) is 44.3 Å². The Morgan fingerprint density at radius 1 is 1.25 bits per heavy atom. The Hall–Kier alpha value is -2.02. The minimum Gasteiger partial charge on any atom is -0.497 e. The number of hydrogen-bond donors (Lipinski definition) is 0. The van der Waals surface area contributed by atoms with E-state index >= 15 is 0 Å². The van der Waals surface area contributed by atoms with Gasteiger partial charge in [0.05, 0.1) is 24.2 Å². The highest BCUT2D eigenvalue weighted by Gasteiger charge is 2.36. The minimum absolute atomic E-state index is 0.0766. The average molecular weight is 329 g/mol. The number of hydrogen-bond acceptors (Lipinski definition) is 4. The molecule has 1 aromatic carbocycles. The Morgan fingerprint density at radius 3 is 2.46 bits per heavy atom. The van der Waals surface area contributed by atoms with Crippen LogP contribution in [0.25, 0.3) is 0 Å². The smallest absolute Gasteiger partial charge is 0.338 e. The van der Waals surface area contributed by atoms with Crippen molar-refractivity contribution < 1.29 is 14.3 Å². The van der Waals surface area contributed by atoms with Crippen molar-refractivity contribution in [1.82, 2.24) is 0 Å². The van der Waals surface area contributed by atoms with Gasteiger partial charge in [-0.1, -0.05) is 26.2 Å². The standard InChI is InChI=1S/C20H27NO3/c1-3-4-5-12-20(15-21)13-10-18(11-14-20)24-19(22)16-6-8-17(23-2)9-7-16/h6-9,18H,3-5,10-14H2,1-2H3/t18-,20-. The molecular weight excluding hydrogens is 302 g/mol. The number of carbonyl (C=O) groups excluding carboxylic acids is 1. The van der Waals surface area contributed by atoms with Gasteiger partial charge in [0.2, 0.25) is 0 Å². The van der Waals surface area contributed by atoms with Crippen LogP contribution in [0, 0.1) is 16.7 Å². The van der Waals surface area contributed by atoms with Gasteiger partial charge in [-0.2, -0.15) is 5.26 Å². The van der Waals surface area contributed by atoms with Gasteiger partial charge >= 0.3 is 5.97 Å². The van der Waals surface area contributed by atoms with Gasteiger partial charge in [-0.15, -0.1) is 0 Å². The fourth-order valence-electron chi connectivity index (χ4n) is 3.34. The molecule has 1 fully saturated rings. The molecule has 1 aliphatic carbocycles. The van der Waals surface area contributed by atoms with Crippen molar-refractivity contribution >= 4 is 5.97 Å². The molecule has 0 unspecified atom stereocenters. The van der Waals surface area contributed by atoms with Gasteiger partial charge in [-0.3, -0.25) is 0 Å². The van der Waals surface area contributed by atoms with Gasteiger partial charge in [0, 0.05) is 0 Å². The Bertz CT molecular complexity index is 566. The summed E-state index contributed by atoms with van der Waals surface area (Å²) in [6.07, 6.45) is 7.57. The number of nitriles is 1. The molecule has 4 nitrogen and oxygen atoms in total. The highest BCUT2D eigenvalue weighted by Crippen LogP contribution is 2.41. The highest BCUT2D eigenvalue weighted by molar-refractivity contribution is 5.89. The van der Waals surface area contributed by atoms with Crippen LogP contribution < -0.4 is 4.74 Å². The molecule has 4 heteroatoms. The monoisotopic (exact) mass is 329 g/mol. The number of unbranched alkanes of at least 4 members (excludes halogenated alkanes) is 2. The third-order valence-electron chi connectivity index (χ3n) is 4.99. The molecule has 0 aromatic heterocycles. The summed E-state index contributed by atoms with van der Waals surface area (Å²) < 4.78 is 10.7. The van der Waals surface area contributed by atoms with Crippen molar-refractivity contribution in [3.8, 4) is 11.8 Å². The molecular formula is C20H27NO3. The van der Waals surface area contributed by atoms with Crippen LogP contribution in [0.5, 0.6) is 5.75 Å². The second-order valence-corrected chi connectivity index (χ2v) is 6.68. The SMILES string of the molecule is CCCCC[C@]1(C#N)CC[C@H](OC(=O)c2ccc(OC)cc2)CC1. The number of nitrogens with zero attached hydrogens (tertiary/aromatic N) is 1. The predicted molar refractivity (Wildman–Crippen MR) is 92.9 cm³/mol. The first-order chi connectivity index (χ1) is 11.6. The Balaban J connectivity index is 1.85. The summed E-state index contributed by atoms with van der Waals surface area (Å²) in [4.78, 5) is 12.2. The van der Waals surface area contributed by atoms with E-state index in [9.17, 15) is 10.1 Å². The number of carbonyl (C=O) groups is 1. The van der Waals surface area contributed by atoms with Crippen LogP contribution in [0.3, 0.4) is 0 Å². The molecule has 0 N–H and O–H groups in total. The summed E-state index contributed by atoms with van der Waals surface area (Å²) in [5.74, 6) is 0.424. The average Bonchev–Trinajstić information content (AvgIpc) is 2.63. The summed E-state index contributed by atoms with van der Waals surface area (Å²) in [6, 6.07) is 9.49. The van der Waals surface area contributed by atoms with Gasteiger partial charge in [0.1, 0.15) is 11.9 Å². The Morgan fingerprint density at radius 2 is 1.92 bits per heavy atom. The molecule has 0 spiro atoms. The molecule has 0 saturated heterocycles. The number of rotatable bonds is 7. The molecule has 1 aliphatic rings. The van der Waals surface area contributed by atoms with Gasteiger partial charge in [-0.25, -0.2) is 4.79 Å². The van der Waals surface area contributed by atoms with Gasteiger partial charge < -0.3 is 9.47 Å². The van der Waals surface area contributed by atoms with Crippen LogP contribution in [-0.2, 0) is 4.74 Å². The predicted octanol–water partition coefficient (Wildman–Crippen LogP) is 4.88. The van der Waals surface area contributed by atoms with Crippen molar-refractivity contribution in [3.05, 3.63) is 29.8 Å². The van der Waals surface area contributed by atoms with E-state index in [1.165, 1.54) is 12.8 Å². The lowest BCUT2D eigenvalue weighted by Gasteiger charge is -2.34. The molecule has 1 aromatic rings. The van der Waals surface area contributed by atoms with E-state index in [-0.39, 0.29) is 17.5 Å². The largest absolute Gasteiger partial charge is 0.497 e. The zero-order valence-electron chi connectivity index (χ0n) is 14.7. The normalized spacial score (nSPS) is 23.3. The third kappa shape index (κ3) is 4.74. The number of esters is 1. The van der Waals surface area contributed by atoms with Crippen LogP contribution >= 0.6 is 0 Å². The molecule has 0 bridgehead atoms. The quantitative estimate of drug-likeness (QED) is 0.528. The molecule has 2 rings (SSSR count). The lowest BCUT2D eigenvalue weighted by atomic mass is 9.71. The fourth-order valence-corrected chi connectivity index (χ4v) is 3.34.